The van der Waals surface area contributed by atoms with Crippen LogP contribution in [-0.2, 0) is 16.1 Å². The minimum absolute atomic E-state index is 0.0274. The van der Waals surface area contributed by atoms with Crippen LogP contribution < -0.4 is 5.32 Å². The molecule has 0 bridgehead atoms. The number of hydrogen-bond acceptors (Lipinski definition) is 4. The molecule has 2 rings (SSSR count). The van der Waals surface area contributed by atoms with Gasteiger partial charge >= 0.3 is 0 Å². The van der Waals surface area contributed by atoms with Gasteiger partial charge in [0.25, 0.3) is 0 Å². The number of carbonyl (C=O) groups excluding carboxylic acids is 1. The van der Waals surface area contributed by atoms with E-state index in [1.165, 1.54) is 6.07 Å². The summed E-state index contributed by atoms with van der Waals surface area (Å²) in [6.45, 7) is 1.66. The Morgan fingerprint density at radius 2 is 2.43 bits per heavy atom. The minimum Gasteiger partial charge on any atom is -0.383 e. The van der Waals surface area contributed by atoms with Crippen LogP contribution in [0.25, 0.3) is 0 Å². The molecular weight excluding hydrogens is 273 g/mol. The van der Waals surface area contributed by atoms with E-state index in [1.54, 1.807) is 26.4 Å². The third-order valence-corrected chi connectivity index (χ3v) is 4.10. The minimum atomic E-state index is -0.376. The van der Waals surface area contributed by atoms with Gasteiger partial charge in [-0.1, -0.05) is 0 Å². The number of nitrogens with one attached hydrogen (secondary N) is 1. The zero-order valence-corrected chi connectivity index (χ0v) is 12.6. The zero-order chi connectivity index (χ0) is 15.3. The highest BCUT2D eigenvalue weighted by Gasteiger charge is 2.42. The molecule has 0 unspecified atom stereocenters. The normalized spacial score (nSPS) is 22.4. The number of rotatable bonds is 6. The molecule has 0 spiro atoms. The van der Waals surface area contributed by atoms with Crippen molar-refractivity contribution in [1.82, 2.24) is 15.2 Å². The SMILES string of the molecule is CNC(=O)C[C@]1(COC)CCCN1Cc1ncccc1F. The molecule has 0 saturated carbocycles. The number of aromatic nitrogens is 1. The Hall–Kier alpha value is -1.53. The van der Waals surface area contributed by atoms with E-state index >= 15 is 0 Å². The van der Waals surface area contributed by atoms with Gasteiger partial charge in [-0.05, 0) is 31.5 Å². The van der Waals surface area contributed by atoms with Crippen LogP contribution in [0.15, 0.2) is 18.3 Å². The van der Waals surface area contributed by atoms with E-state index in [9.17, 15) is 9.18 Å². The third-order valence-electron chi connectivity index (χ3n) is 4.10. The number of methoxy groups -OCH3 is 1. The maximum Gasteiger partial charge on any atom is 0.221 e. The molecular formula is C15H22FN3O2. The van der Waals surface area contributed by atoms with Crippen molar-refractivity contribution in [2.75, 3.05) is 27.3 Å². The summed E-state index contributed by atoms with van der Waals surface area (Å²) in [4.78, 5) is 18.1. The van der Waals surface area contributed by atoms with E-state index in [1.807, 2.05) is 0 Å². The van der Waals surface area contributed by atoms with Gasteiger partial charge in [0.2, 0.25) is 5.91 Å². The maximum atomic E-state index is 13.8. The summed E-state index contributed by atoms with van der Waals surface area (Å²) in [5, 5.41) is 2.66. The number of hydrogen-bond donors (Lipinski definition) is 1. The predicted molar refractivity (Wildman–Crippen MR) is 77.1 cm³/mol. The Labute approximate surface area is 124 Å². The molecule has 1 N–H and O–H groups in total. The molecule has 1 amide bonds. The zero-order valence-electron chi connectivity index (χ0n) is 12.6. The highest BCUT2D eigenvalue weighted by atomic mass is 19.1. The molecule has 1 saturated heterocycles. The van der Waals surface area contributed by atoms with Crippen LogP contribution in [0, 0.1) is 5.82 Å². The standard InChI is InChI=1S/C15H22FN3O2/c1-17-14(20)9-15(11-21-2)6-4-8-19(15)10-13-12(16)5-3-7-18-13/h3,5,7H,4,6,8-11H2,1-2H3,(H,17,20)/t15-/m0/s1. The lowest BCUT2D eigenvalue weighted by Gasteiger charge is -2.37. The average molecular weight is 295 g/mol. The van der Waals surface area contributed by atoms with Crippen molar-refractivity contribution in [3.8, 4) is 0 Å². The summed E-state index contributed by atoms with van der Waals surface area (Å²) in [6.07, 6.45) is 3.77. The summed E-state index contributed by atoms with van der Waals surface area (Å²) in [5.74, 6) is -0.337. The Balaban J connectivity index is 2.19. The molecule has 1 fully saturated rings. The van der Waals surface area contributed by atoms with E-state index < -0.39 is 0 Å². The van der Waals surface area contributed by atoms with Crippen molar-refractivity contribution in [2.24, 2.45) is 0 Å². The molecule has 1 aromatic rings. The highest BCUT2D eigenvalue weighted by molar-refractivity contribution is 5.77. The largest absolute Gasteiger partial charge is 0.383 e. The number of pyridine rings is 1. The second-order valence-corrected chi connectivity index (χ2v) is 5.46. The number of ether oxygens (including phenoxy) is 1. The van der Waals surface area contributed by atoms with Gasteiger partial charge in [0.15, 0.2) is 0 Å². The lowest BCUT2D eigenvalue weighted by molar-refractivity contribution is -0.124. The Kier molecular flexibility index (Phi) is 5.25. The number of carbonyl (C=O) groups is 1. The molecule has 1 aromatic heterocycles. The molecule has 0 aliphatic carbocycles. The first-order valence-corrected chi connectivity index (χ1v) is 7.15. The second kappa shape index (κ2) is 6.95. The van der Waals surface area contributed by atoms with Gasteiger partial charge in [0.1, 0.15) is 5.82 Å². The Bertz CT molecular complexity index is 498. The number of nitrogens with zero attached hydrogens (tertiary/aromatic N) is 2. The monoisotopic (exact) mass is 295 g/mol. The van der Waals surface area contributed by atoms with Gasteiger partial charge in [-0.2, -0.15) is 0 Å². The van der Waals surface area contributed by atoms with Gasteiger partial charge in [0, 0.05) is 33.3 Å². The predicted octanol–water partition coefficient (Wildman–Crippen LogP) is 1.34. The third kappa shape index (κ3) is 3.57. The van der Waals surface area contributed by atoms with Crippen LogP contribution >= 0.6 is 0 Å². The molecule has 1 atom stereocenters. The molecule has 1 aliphatic heterocycles. The van der Waals surface area contributed by atoms with Gasteiger partial charge in [-0.25, -0.2) is 4.39 Å². The summed E-state index contributed by atoms with van der Waals surface area (Å²) < 4.78 is 19.1. The van der Waals surface area contributed by atoms with Crippen LogP contribution in [-0.4, -0.2) is 48.6 Å². The van der Waals surface area contributed by atoms with Crippen molar-refractivity contribution in [1.29, 1.82) is 0 Å². The topological polar surface area (TPSA) is 54.5 Å². The molecule has 116 valence electrons. The van der Waals surface area contributed by atoms with Crippen molar-refractivity contribution in [2.45, 2.75) is 31.3 Å². The van der Waals surface area contributed by atoms with E-state index in [2.05, 4.69) is 15.2 Å². The summed E-state index contributed by atoms with van der Waals surface area (Å²) in [6, 6.07) is 2.99. The van der Waals surface area contributed by atoms with Crippen LogP contribution in [0.2, 0.25) is 0 Å². The van der Waals surface area contributed by atoms with Crippen molar-refractivity contribution in [3.63, 3.8) is 0 Å². The van der Waals surface area contributed by atoms with Crippen LogP contribution in [0.3, 0.4) is 0 Å². The van der Waals surface area contributed by atoms with Gasteiger partial charge in [-0.3, -0.25) is 14.7 Å². The first kappa shape index (κ1) is 15.9. The van der Waals surface area contributed by atoms with Crippen molar-refractivity contribution in [3.05, 3.63) is 29.8 Å². The fraction of sp³-hybridized carbons (Fsp3) is 0.600. The first-order chi connectivity index (χ1) is 10.1. The molecule has 0 radical (unpaired) electrons. The number of halogens is 1. The van der Waals surface area contributed by atoms with Crippen LogP contribution in [0.4, 0.5) is 4.39 Å². The van der Waals surface area contributed by atoms with Crippen molar-refractivity contribution >= 4 is 5.91 Å². The Morgan fingerprint density at radius 3 is 3.10 bits per heavy atom. The molecule has 6 heteroatoms. The molecule has 5 nitrogen and oxygen atoms in total. The summed E-state index contributed by atoms with van der Waals surface area (Å²) >= 11 is 0. The number of amides is 1. The highest BCUT2D eigenvalue weighted by Crippen LogP contribution is 2.34. The van der Waals surface area contributed by atoms with Gasteiger partial charge < -0.3 is 10.1 Å². The maximum absolute atomic E-state index is 13.8. The Morgan fingerprint density at radius 1 is 1.62 bits per heavy atom. The fourth-order valence-electron chi connectivity index (χ4n) is 3.03. The molecule has 1 aliphatic rings. The van der Waals surface area contributed by atoms with Crippen LogP contribution in [0.1, 0.15) is 25.0 Å². The quantitative estimate of drug-likeness (QED) is 0.860. The van der Waals surface area contributed by atoms with Crippen LogP contribution in [0.5, 0.6) is 0 Å². The lowest BCUT2D eigenvalue weighted by Crippen LogP contribution is -2.50. The smallest absolute Gasteiger partial charge is 0.221 e. The fourth-order valence-corrected chi connectivity index (χ4v) is 3.03. The van der Waals surface area contributed by atoms with E-state index in [4.69, 9.17) is 4.74 Å². The number of likely N-dealkylation sites (tertiary alicyclic amines) is 1. The molecule has 21 heavy (non-hydrogen) atoms. The summed E-state index contributed by atoms with van der Waals surface area (Å²) in [5.41, 5.74) is 0.0375. The first-order valence-electron chi connectivity index (χ1n) is 7.15. The van der Waals surface area contributed by atoms with E-state index in [0.717, 1.165) is 19.4 Å². The average Bonchev–Trinajstić information content (AvgIpc) is 2.84. The van der Waals surface area contributed by atoms with Gasteiger partial charge in [0.05, 0.1) is 17.8 Å². The van der Waals surface area contributed by atoms with Gasteiger partial charge in [-0.15, -0.1) is 0 Å². The van der Waals surface area contributed by atoms with E-state index in [0.29, 0.717) is 25.3 Å². The molecule has 2 heterocycles. The second-order valence-electron chi connectivity index (χ2n) is 5.46. The van der Waals surface area contributed by atoms with Crippen molar-refractivity contribution < 1.29 is 13.9 Å². The summed E-state index contributed by atoms with van der Waals surface area (Å²) in [7, 11) is 3.25. The molecule has 0 aromatic carbocycles. The van der Waals surface area contributed by atoms with E-state index in [-0.39, 0.29) is 17.3 Å². The lowest BCUT2D eigenvalue weighted by atomic mass is 9.92.